The molecular weight excluding hydrogens is 294 g/mol. The van der Waals surface area contributed by atoms with Gasteiger partial charge >= 0.3 is 6.03 Å². The van der Waals surface area contributed by atoms with E-state index in [1.165, 1.54) is 0 Å². The second-order valence-electron chi connectivity index (χ2n) is 6.63. The Kier molecular flexibility index (Phi) is 4.66. The molecule has 7 heteroatoms. The van der Waals surface area contributed by atoms with E-state index >= 15 is 0 Å². The molecule has 0 saturated carbocycles. The summed E-state index contributed by atoms with van der Waals surface area (Å²) in [5.74, 6) is 0.735. The number of hydrogen-bond donors (Lipinski definition) is 1. The Labute approximate surface area is 137 Å². The minimum absolute atomic E-state index is 0.00393. The maximum Gasteiger partial charge on any atom is 0.317 e. The maximum atomic E-state index is 12.3. The normalized spacial score (nSPS) is 25.0. The van der Waals surface area contributed by atoms with Crippen LogP contribution in [-0.2, 0) is 4.74 Å². The van der Waals surface area contributed by atoms with E-state index in [0.717, 1.165) is 31.9 Å². The summed E-state index contributed by atoms with van der Waals surface area (Å²) in [6, 6.07) is 1.95. The molecule has 1 spiro atoms. The number of aromatic nitrogens is 2. The van der Waals surface area contributed by atoms with Crippen LogP contribution < -0.4 is 10.2 Å². The van der Waals surface area contributed by atoms with Gasteiger partial charge in [0.15, 0.2) is 0 Å². The highest BCUT2D eigenvalue weighted by atomic mass is 16.5. The molecule has 3 rings (SSSR count). The van der Waals surface area contributed by atoms with Gasteiger partial charge in [0.05, 0.1) is 19.7 Å². The van der Waals surface area contributed by atoms with Gasteiger partial charge in [-0.15, -0.1) is 0 Å². The van der Waals surface area contributed by atoms with Crippen LogP contribution >= 0.6 is 0 Å². The number of carbonyl (C=O) groups is 1. The third-order valence-electron chi connectivity index (χ3n) is 4.32. The maximum absolute atomic E-state index is 12.3. The molecule has 2 aliphatic heterocycles. The molecule has 1 aromatic heterocycles. The zero-order chi connectivity index (χ0) is 16.3. The highest BCUT2D eigenvalue weighted by Gasteiger charge is 2.42. The smallest absolute Gasteiger partial charge is 0.317 e. The summed E-state index contributed by atoms with van der Waals surface area (Å²) >= 11 is 0. The van der Waals surface area contributed by atoms with Crippen molar-refractivity contribution in [3.8, 4) is 0 Å². The third kappa shape index (κ3) is 3.72. The van der Waals surface area contributed by atoms with Crippen molar-refractivity contribution in [3.63, 3.8) is 0 Å². The lowest BCUT2D eigenvalue weighted by atomic mass is 9.91. The lowest BCUT2D eigenvalue weighted by molar-refractivity contribution is -0.103. The first-order chi connectivity index (χ1) is 11.1. The largest absolute Gasteiger partial charge is 0.369 e. The molecule has 2 fully saturated rings. The van der Waals surface area contributed by atoms with Gasteiger partial charge < -0.3 is 19.9 Å². The molecule has 1 atom stereocenters. The Balaban J connectivity index is 1.69. The summed E-state index contributed by atoms with van der Waals surface area (Å²) in [4.78, 5) is 25.0. The number of nitrogens with zero attached hydrogens (tertiary/aromatic N) is 4. The van der Waals surface area contributed by atoms with Crippen LogP contribution in [0.1, 0.15) is 26.7 Å². The van der Waals surface area contributed by atoms with Crippen molar-refractivity contribution in [1.29, 1.82) is 0 Å². The second kappa shape index (κ2) is 6.70. The summed E-state index contributed by atoms with van der Waals surface area (Å²) in [5.41, 5.74) is -0.315. The van der Waals surface area contributed by atoms with Crippen molar-refractivity contribution in [2.75, 3.05) is 37.7 Å². The monoisotopic (exact) mass is 319 g/mol. The standard InChI is InChI=1S/C16H25N5O2/c1-13(2)19-15(22)21-9-10-23-16(12-21)5-3-8-20(11-16)14-17-6-4-7-18-14/h4,6-7,13H,3,5,8-12H2,1-2H3,(H,19,22)/t16-/m1/s1. The summed E-state index contributed by atoms with van der Waals surface area (Å²) in [5, 5.41) is 2.97. The van der Waals surface area contributed by atoms with Crippen molar-refractivity contribution in [1.82, 2.24) is 20.2 Å². The van der Waals surface area contributed by atoms with Gasteiger partial charge in [-0.05, 0) is 32.8 Å². The molecule has 0 bridgehead atoms. The molecule has 1 aromatic rings. The predicted octanol–water partition coefficient (Wildman–Crippen LogP) is 1.27. The average molecular weight is 319 g/mol. The first-order valence-corrected chi connectivity index (χ1v) is 8.29. The zero-order valence-corrected chi connectivity index (χ0v) is 13.9. The molecule has 1 N–H and O–H groups in total. The van der Waals surface area contributed by atoms with Gasteiger partial charge in [-0.3, -0.25) is 0 Å². The number of piperidine rings is 1. The van der Waals surface area contributed by atoms with Crippen LogP contribution in [0.4, 0.5) is 10.7 Å². The van der Waals surface area contributed by atoms with E-state index in [1.807, 2.05) is 24.8 Å². The zero-order valence-electron chi connectivity index (χ0n) is 13.9. The van der Waals surface area contributed by atoms with E-state index in [0.29, 0.717) is 19.7 Å². The first-order valence-electron chi connectivity index (χ1n) is 8.29. The van der Waals surface area contributed by atoms with Crippen LogP contribution in [-0.4, -0.2) is 65.3 Å². The van der Waals surface area contributed by atoms with E-state index < -0.39 is 0 Å². The number of carbonyl (C=O) groups excluding carboxylic acids is 1. The van der Waals surface area contributed by atoms with Crippen molar-refractivity contribution in [2.45, 2.75) is 38.3 Å². The molecule has 0 radical (unpaired) electrons. The molecule has 23 heavy (non-hydrogen) atoms. The summed E-state index contributed by atoms with van der Waals surface area (Å²) in [6.45, 7) is 7.44. The van der Waals surface area contributed by atoms with Crippen molar-refractivity contribution < 1.29 is 9.53 Å². The highest BCUT2D eigenvalue weighted by Crippen LogP contribution is 2.30. The number of anilines is 1. The van der Waals surface area contributed by atoms with Gasteiger partial charge in [-0.1, -0.05) is 0 Å². The van der Waals surface area contributed by atoms with Gasteiger partial charge in [-0.25, -0.2) is 14.8 Å². The fraction of sp³-hybridized carbons (Fsp3) is 0.688. The first kappa shape index (κ1) is 16.0. The van der Waals surface area contributed by atoms with Gasteiger partial charge in [0.25, 0.3) is 0 Å². The molecule has 2 aliphatic rings. The Bertz CT molecular complexity index is 535. The van der Waals surface area contributed by atoms with Crippen LogP contribution in [0.3, 0.4) is 0 Å². The van der Waals surface area contributed by atoms with Crippen molar-refractivity contribution >= 4 is 12.0 Å². The fourth-order valence-corrected chi connectivity index (χ4v) is 3.33. The summed E-state index contributed by atoms with van der Waals surface area (Å²) in [6.07, 6.45) is 5.49. The number of hydrogen-bond acceptors (Lipinski definition) is 5. The number of ether oxygens (including phenoxy) is 1. The molecule has 2 amide bonds. The predicted molar refractivity (Wildman–Crippen MR) is 87.4 cm³/mol. The minimum Gasteiger partial charge on any atom is -0.369 e. The molecule has 0 unspecified atom stereocenters. The van der Waals surface area contributed by atoms with E-state index in [9.17, 15) is 4.79 Å². The molecule has 2 saturated heterocycles. The number of rotatable bonds is 2. The van der Waals surface area contributed by atoms with E-state index in [4.69, 9.17) is 4.74 Å². The fourth-order valence-electron chi connectivity index (χ4n) is 3.33. The molecule has 0 aromatic carbocycles. The summed E-state index contributed by atoms with van der Waals surface area (Å²) in [7, 11) is 0. The average Bonchev–Trinajstić information content (AvgIpc) is 2.55. The van der Waals surface area contributed by atoms with Crippen LogP contribution in [0.15, 0.2) is 18.5 Å². The molecule has 7 nitrogen and oxygen atoms in total. The molecule has 0 aliphatic carbocycles. The SMILES string of the molecule is CC(C)NC(=O)N1CCO[C@@]2(CCCN(c3ncccn3)C2)C1. The molecule has 3 heterocycles. The number of urea groups is 1. The molecular formula is C16H25N5O2. The van der Waals surface area contributed by atoms with Gasteiger partial charge in [0.1, 0.15) is 5.60 Å². The molecule has 126 valence electrons. The van der Waals surface area contributed by atoms with E-state index in [1.54, 1.807) is 12.4 Å². The lowest BCUT2D eigenvalue weighted by Gasteiger charge is -2.48. The van der Waals surface area contributed by atoms with Crippen LogP contribution in [0.2, 0.25) is 0 Å². The van der Waals surface area contributed by atoms with Crippen molar-refractivity contribution in [3.05, 3.63) is 18.5 Å². The second-order valence-corrected chi connectivity index (χ2v) is 6.63. The Morgan fingerprint density at radius 3 is 2.83 bits per heavy atom. The summed E-state index contributed by atoms with van der Waals surface area (Å²) < 4.78 is 6.12. The van der Waals surface area contributed by atoms with Gasteiger partial charge in [0, 0.05) is 31.5 Å². The number of morpholine rings is 1. The Morgan fingerprint density at radius 1 is 1.30 bits per heavy atom. The van der Waals surface area contributed by atoms with Crippen LogP contribution in [0.25, 0.3) is 0 Å². The van der Waals surface area contributed by atoms with E-state index in [2.05, 4.69) is 20.2 Å². The quantitative estimate of drug-likeness (QED) is 0.889. The number of nitrogens with one attached hydrogen (secondary N) is 1. The Hall–Kier alpha value is -1.89. The van der Waals surface area contributed by atoms with Crippen LogP contribution in [0, 0.1) is 0 Å². The van der Waals surface area contributed by atoms with Gasteiger partial charge in [-0.2, -0.15) is 0 Å². The third-order valence-corrected chi connectivity index (χ3v) is 4.32. The lowest BCUT2D eigenvalue weighted by Crippen LogP contribution is -2.62. The Morgan fingerprint density at radius 2 is 2.09 bits per heavy atom. The topological polar surface area (TPSA) is 70.6 Å². The van der Waals surface area contributed by atoms with E-state index in [-0.39, 0.29) is 17.7 Å². The van der Waals surface area contributed by atoms with Gasteiger partial charge in [0.2, 0.25) is 5.95 Å². The minimum atomic E-state index is -0.315. The van der Waals surface area contributed by atoms with Crippen molar-refractivity contribution in [2.24, 2.45) is 0 Å². The number of amides is 2. The highest BCUT2D eigenvalue weighted by molar-refractivity contribution is 5.74. The van der Waals surface area contributed by atoms with Crippen LogP contribution in [0.5, 0.6) is 0 Å².